The Morgan fingerprint density at radius 2 is 2.07 bits per heavy atom. The molecule has 0 atom stereocenters. The zero-order valence-electron chi connectivity index (χ0n) is 10.6. The van der Waals surface area contributed by atoms with E-state index in [1.165, 1.54) is 38.9 Å². The summed E-state index contributed by atoms with van der Waals surface area (Å²) in [4.78, 5) is 2.60. The highest BCUT2D eigenvalue weighted by molar-refractivity contribution is 4.93. The van der Waals surface area contributed by atoms with Crippen LogP contribution in [0.15, 0.2) is 12.2 Å². The Hall–Kier alpha value is -0.340. The fourth-order valence-electron chi connectivity index (χ4n) is 2.38. The molecule has 0 aromatic heterocycles. The third-order valence-electron chi connectivity index (χ3n) is 3.66. The van der Waals surface area contributed by atoms with E-state index in [9.17, 15) is 0 Å². The van der Waals surface area contributed by atoms with Gasteiger partial charge in [0.25, 0.3) is 0 Å². The molecule has 0 unspecified atom stereocenters. The van der Waals surface area contributed by atoms with Crippen molar-refractivity contribution in [3.63, 3.8) is 0 Å². The molecular formula is C13H26N2. The van der Waals surface area contributed by atoms with E-state index in [0.717, 1.165) is 6.54 Å². The predicted molar refractivity (Wildman–Crippen MR) is 67.2 cm³/mol. The highest BCUT2D eigenvalue weighted by atomic mass is 15.2. The van der Waals surface area contributed by atoms with Gasteiger partial charge in [0, 0.05) is 31.7 Å². The maximum absolute atomic E-state index is 3.69. The van der Waals surface area contributed by atoms with Crippen molar-refractivity contribution in [2.24, 2.45) is 0 Å². The van der Waals surface area contributed by atoms with Crippen LogP contribution in [0.1, 0.15) is 40.0 Å². The molecule has 1 heterocycles. The summed E-state index contributed by atoms with van der Waals surface area (Å²) in [6.07, 6.45) is 8.09. The van der Waals surface area contributed by atoms with Crippen LogP contribution in [0.25, 0.3) is 0 Å². The summed E-state index contributed by atoms with van der Waals surface area (Å²) < 4.78 is 0. The zero-order valence-corrected chi connectivity index (χ0v) is 10.6. The van der Waals surface area contributed by atoms with Crippen molar-refractivity contribution in [1.29, 1.82) is 0 Å². The van der Waals surface area contributed by atoms with Crippen LogP contribution in [0, 0.1) is 0 Å². The third kappa shape index (κ3) is 3.62. The van der Waals surface area contributed by atoms with Gasteiger partial charge in [-0.1, -0.05) is 26.0 Å². The third-order valence-corrected chi connectivity index (χ3v) is 3.66. The van der Waals surface area contributed by atoms with Gasteiger partial charge in [0.1, 0.15) is 0 Å². The van der Waals surface area contributed by atoms with E-state index in [1.54, 1.807) is 0 Å². The maximum atomic E-state index is 3.69. The Morgan fingerprint density at radius 1 is 1.33 bits per heavy atom. The maximum Gasteiger partial charge on any atom is 0.0304 e. The minimum atomic E-state index is 0.383. The SMILES string of the molecule is C/C=C/CCN1CCNC(CC)(CC)C1. The monoisotopic (exact) mass is 210 g/mol. The van der Waals surface area contributed by atoms with Crippen LogP contribution in [0.3, 0.4) is 0 Å². The molecule has 0 aromatic rings. The van der Waals surface area contributed by atoms with Crippen LogP contribution in [0.4, 0.5) is 0 Å². The molecule has 1 aliphatic heterocycles. The summed E-state index contributed by atoms with van der Waals surface area (Å²) in [5.41, 5.74) is 0.383. The van der Waals surface area contributed by atoms with Gasteiger partial charge in [-0.15, -0.1) is 0 Å². The molecule has 2 heteroatoms. The second kappa shape index (κ2) is 6.29. The minimum Gasteiger partial charge on any atom is -0.309 e. The Balaban J connectivity index is 2.40. The largest absolute Gasteiger partial charge is 0.309 e. The average Bonchev–Trinajstić information content (AvgIpc) is 2.30. The van der Waals surface area contributed by atoms with Gasteiger partial charge in [0.15, 0.2) is 0 Å². The lowest BCUT2D eigenvalue weighted by molar-refractivity contribution is 0.125. The molecule has 1 saturated heterocycles. The Bertz CT molecular complexity index is 195. The van der Waals surface area contributed by atoms with Crippen molar-refractivity contribution in [3.05, 3.63) is 12.2 Å². The first kappa shape index (κ1) is 12.7. The van der Waals surface area contributed by atoms with Gasteiger partial charge in [-0.3, -0.25) is 4.90 Å². The lowest BCUT2D eigenvalue weighted by atomic mass is 9.90. The molecule has 1 fully saturated rings. The molecule has 0 amide bonds. The van der Waals surface area contributed by atoms with Crippen molar-refractivity contribution < 1.29 is 0 Å². The lowest BCUT2D eigenvalue weighted by Crippen LogP contribution is -2.59. The first-order valence-electron chi connectivity index (χ1n) is 6.35. The summed E-state index contributed by atoms with van der Waals surface area (Å²) in [7, 11) is 0. The van der Waals surface area contributed by atoms with Crippen molar-refractivity contribution >= 4 is 0 Å². The van der Waals surface area contributed by atoms with Crippen LogP contribution in [0.2, 0.25) is 0 Å². The fourth-order valence-corrected chi connectivity index (χ4v) is 2.38. The molecule has 1 N–H and O–H groups in total. The summed E-state index contributed by atoms with van der Waals surface area (Å²) in [6, 6.07) is 0. The second-order valence-corrected chi connectivity index (χ2v) is 4.55. The van der Waals surface area contributed by atoms with Gasteiger partial charge < -0.3 is 5.32 Å². The van der Waals surface area contributed by atoms with Crippen LogP contribution in [-0.4, -0.2) is 36.6 Å². The van der Waals surface area contributed by atoms with Crippen molar-refractivity contribution in [3.8, 4) is 0 Å². The first-order valence-corrected chi connectivity index (χ1v) is 6.35. The summed E-state index contributed by atoms with van der Waals surface area (Å²) >= 11 is 0. The van der Waals surface area contributed by atoms with Crippen LogP contribution >= 0.6 is 0 Å². The van der Waals surface area contributed by atoms with Gasteiger partial charge in [0.05, 0.1) is 0 Å². The van der Waals surface area contributed by atoms with Crippen LogP contribution < -0.4 is 5.32 Å². The number of piperazine rings is 1. The summed E-state index contributed by atoms with van der Waals surface area (Å²) in [5.74, 6) is 0. The van der Waals surface area contributed by atoms with Gasteiger partial charge in [-0.05, 0) is 26.2 Å². The normalized spacial score (nSPS) is 22.3. The number of nitrogens with one attached hydrogen (secondary N) is 1. The Kier molecular flexibility index (Phi) is 5.34. The number of allylic oxidation sites excluding steroid dienone is 1. The molecule has 88 valence electrons. The van der Waals surface area contributed by atoms with Gasteiger partial charge in [0.2, 0.25) is 0 Å². The molecule has 0 aliphatic carbocycles. The van der Waals surface area contributed by atoms with Gasteiger partial charge in [-0.2, -0.15) is 0 Å². The summed E-state index contributed by atoms with van der Waals surface area (Å²) in [5, 5.41) is 3.69. The highest BCUT2D eigenvalue weighted by Crippen LogP contribution is 2.19. The van der Waals surface area contributed by atoms with E-state index < -0.39 is 0 Å². The van der Waals surface area contributed by atoms with Gasteiger partial charge in [-0.25, -0.2) is 0 Å². The smallest absolute Gasteiger partial charge is 0.0304 e. The quantitative estimate of drug-likeness (QED) is 0.701. The molecule has 0 radical (unpaired) electrons. The van der Waals surface area contributed by atoms with E-state index >= 15 is 0 Å². The molecule has 15 heavy (non-hydrogen) atoms. The van der Waals surface area contributed by atoms with E-state index in [2.05, 4.69) is 43.1 Å². The molecule has 0 saturated carbocycles. The Morgan fingerprint density at radius 3 is 2.67 bits per heavy atom. The van der Waals surface area contributed by atoms with Crippen molar-refractivity contribution in [2.75, 3.05) is 26.2 Å². The van der Waals surface area contributed by atoms with E-state index in [4.69, 9.17) is 0 Å². The molecule has 1 aliphatic rings. The second-order valence-electron chi connectivity index (χ2n) is 4.55. The van der Waals surface area contributed by atoms with E-state index in [1.807, 2.05) is 0 Å². The minimum absolute atomic E-state index is 0.383. The molecule has 2 nitrogen and oxygen atoms in total. The van der Waals surface area contributed by atoms with Crippen molar-refractivity contribution in [2.45, 2.75) is 45.6 Å². The molecule has 0 spiro atoms. The average molecular weight is 210 g/mol. The number of rotatable bonds is 5. The molecule has 1 rings (SSSR count). The van der Waals surface area contributed by atoms with E-state index in [-0.39, 0.29) is 0 Å². The first-order chi connectivity index (χ1) is 7.26. The van der Waals surface area contributed by atoms with Crippen LogP contribution in [-0.2, 0) is 0 Å². The standard InChI is InChI=1S/C13H26N2/c1-4-7-8-10-15-11-9-14-13(5-2,6-3)12-15/h4,7,14H,5-6,8-12H2,1-3H3/b7-4+. The fraction of sp³-hybridized carbons (Fsp3) is 0.846. The van der Waals surface area contributed by atoms with Crippen molar-refractivity contribution in [1.82, 2.24) is 10.2 Å². The predicted octanol–water partition coefficient (Wildman–Crippen LogP) is 2.42. The number of hydrogen-bond donors (Lipinski definition) is 1. The van der Waals surface area contributed by atoms with E-state index in [0.29, 0.717) is 5.54 Å². The topological polar surface area (TPSA) is 15.3 Å². The van der Waals surface area contributed by atoms with Crippen LogP contribution in [0.5, 0.6) is 0 Å². The molecular weight excluding hydrogens is 184 g/mol. The zero-order chi connectivity index (χ0) is 11.1. The lowest BCUT2D eigenvalue weighted by Gasteiger charge is -2.43. The number of nitrogens with zero attached hydrogens (tertiary/aromatic N) is 1. The summed E-state index contributed by atoms with van der Waals surface area (Å²) in [6.45, 7) is 11.5. The molecule has 0 aromatic carbocycles. The molecule has 0 bridgehead atoms. The number of hydrogen-bond acceptors (Lipinski definition) is 2. The Labute approximate surface area is 94.7 Å². The highest BCUT2D eigenvalue weighted by Gasteiger charge is 2.30. The van der Waals surface area contributed by atoms with Gasteiger partial charge >= 0.3 is 0 Å².